The second-order valence-electron chi connectivity index (χ2n) is 19.1. The van der Waals surface area contributed by atoms with Gasteiger partial charge in [-0.05, 0) is 43.5 Å². The maximum absolute atomic E-state index is 6.02. The standard InChI is InChI=1S/C28H35N7O4S2.C23H27N7O3S2.CH4.HI/c1-36-39-41-34-10-8-32(9-11-34)18-20-17-24-26(40-20)28(33-12-15-37-16-13-33)30-27(29-24)21-5-4-6-23-22(21)19-35(31-23)25-7-2-3-14-38-25;1-31-33-35-30-7-5-28(6-8-30)15-16-13-20-21(34-16)23(29-9-11-32-12-10-29)26-22(25-20)17-3-2-4-19-18(17)14-24-27-19;;/h4-6,17,19,25H,2-3,7-16,18H2,1H3;2-4,13-14H,5-12,15H2,1H3,(H,24,27);1H4;1H. The van der Waals surface area contributed by atoms with Crippen LogP contribution in [0.25, 0.3) is 65.0 Å². The number of thiophene rings is 2. The summed E-state index contributed by atoms with van der Waals surface area (Å²) < 4.78 is 36.0. The lowest BCUT2D eigenvalue weighted by Gasteiger charge is -2.32. The lowest BCUT2D eigenvalue weighted by Crippen LogP contribution is -2.42. The fourth-order valence-corrected chi connectivity index (χ4v) is 13.5. The molecule has 0 saturated carbocycles. The minimum absolute atomic E-state index is 0. The molecule has 1 atom stereocenters. The summed E-state index contributed by atoms with van der Waals surface area (Å²) in [6, 6.07) is 16.8. The van der Waals surface area contributed by atoms with Gasteiger partial charge in [0.05, 0.1) is 78.3 Å². The first kappa shape index (κ1) is 57.3. The smallest absolute Gasteiger partial charge is 0.162 e. The Morgan fingerprint density at radius 2 is 1.17 bits per heavy atom. The molecule has 0 amide bonds. The number of rotatable bonds is 15. The number of ether oxygens (including phenoxy) is 3. The van der Waals surface area contributed by atoms with Gasteiger partial charge >= 0.3 is 0 Å². The maximum Gasteiger partial charge on any atom is 0.162 e. The lowest BCUT2D eigenvalue weighted by molar-refractivity contribution is -0.164. The van der Waals surface area contributed by atoms with Gasteiger partial charge in [0.2, 0.25) is 0 Å². The number of morpholine rings is 2. The number of fused-ring (bicyclic) bond motifs is 4. The fourth-order valence-electron chi connectivity index (χ4n) is 10.3. The maximum atomic E-state index is 6.02. The molecule has 78 heavy (non-hydrogen) atoms. The van der Waals surface area contributed by atoms with Gasteiger partial charge in [-0.3, -0.25) is 14.9 Å². The molecule has 26 heteroatoms. The van der Waals surface area contributed by atoms with Crippen LogP contribution < -0.4 is 9.80 Å². The minimum Gasteiger partial charge on any atom is -0.378 e. The number of hydrogen-bond donors (Lipinski definition) is 1. The van der Waals surface area contributed by atoms with E-state index in [0.717, 1.165) is 194 Å². The first-order chi connectivity index (χ1) is 37.5. The minimum atomic E-state index is -0.0105. The van der Waals surface area contributed by atoms with Crippen molar-refractivity contribution >= 4 is 125 Å². The third kappa shape index (κ3) is 13.2. The van der Waals surface area contributed by atoms with Crippen molar-refractivity contribution in [1.82, 2.24) is 58.3 Å². The van der Waals surface area contributed by atoms with Gasteiger partial charge in [0.15, 0.2) is 23.3 Å². The van der Waals surface area contributed by atoms with Crippen molar-refractivity contribution in [3.05, 3.63) is 70.7 Å². The zero-order chi connectivity index (χ0) is 51.2. The third-order valence-corrected chi connectivity index (χ3v) is 18.0. The lowest BCUT2D eigenvalue weighted by atomic mass is 10.1. The molecule has 0 spiro atoms. The van der Waals surface area contributed by atoms with Crippen LogP contribution in [0.3, 0.4) is 0 Å². The van der Waals surface area contributed by atoms with Crippen molar-refractivity contribution in [2.75, 3.05) is 136 Å². The molecule has 0 aliphatic carbocycles. The number of aromatic amines is 1. The van der Waals surface area contributed by atoms with E-state index in [1.165, 1.54) is 48.4 Å². The molecular formula is C52H67IN14O7S4. The number of nitrogens with zero attached hydrogens (tertiary/aromatic N) is 13. The molecule has 418 valence electrons. The zero-order valence-electron chi connectivity index (χ0n) is 43.1. The molecule has 0 radical (unpaired) electrons. The van der Waals surface area contributed by atoms with Crippen LogP contribution in [0.15, 0.2) is 60.9 Å². The van der Waals surface area contributed by atoms with Crippen LogP contribution in [0.5, 0.6) is 0 Å². The number of hydrogen-bond acceptors (Lipinski definition) is 23. The van der Waals surface area contributed by atoms with Crippen LogP contribution in [0.2, 0.25) is 0 Å². The molecule has 5 aliphatic heterocycles. The SMILES string of the molecule is C.COOSN1CCN(Cc2cc3nc(-c4cccc5[nH]ncc45)nc(N4CCOCC4)c3s2)CC1.COOSN1CCN(Cc2cc3nc(-c4cccc5nn(C6CCCCO6)cc45)nc(N4CCOCC4)c3s2)CC1.I. The van der Waals surface area contributed by atoms with E-state index < -0.39 is 0 Å². The number of halogens is 1. The van der Waals surface area contributed by atoms with Crippen molar-refractivity contribution < 1.29 is 32.7 Å². The summed E-state index contributed by atoms with van der Waals surface area (Å²) in [7, 11) is 3.06. The third-order valence-electron chi connectivity index (χ3n) is 14.2. The van der Waals surface area contributed by atoms with Gasteiger partial charge in [-0.25, -0.2) is 43.0 Å². The van der Waals surface area contributed by atoms with Gasteiger partial charge in [0.1, 0.15) is 30.7 Å². The van der Waals surface area contributed by atoms with E-state index >= 15 is 0 Å². The van der Waals surface area contributed by atoms with E-state index in [4.69, 9.17) is 57.7 Å². The second kappa shape index (κ2) is 27.2. The predicted molar refractivity (Wildman–Crippen MR) is 321 cm³/mol. The Labute approximate surface area is 487 Å². The van der Waals surface area contributed by atoms with Crippen LogP contribution in [0, 0.1) is 0 Å². The molecule has 1 N–H and O–H groups in total. The first-order valence-electron chi connectivity index (χ1n) is 26.0. The zero-order valence-corrected chi connectivity index (χ0v) is 48.7. The Balaban J connectivity index is 0.000000174. The number of aromatic nitrogens is 8. The van der Waals surface area contributed by atoms with E-state index in [-0.39, 0.29) is 37.6 Å². The number of H-pyrrole nitrogens is 1. The van der Waals surface area contributed by atoms with Crippen molar-refractivity contribution in [3.63, 3.8) is 0 Å². The van der Waals surface area contributed by atoms with Crippen molar-refractivity contribution in [3.8, 4) is 22.8 Å². The molecular weight excluding hydrogens is 1190 g/mol. The first-order valence-corrected chi connectivity index (χ1v) is 29.0. The fraction of sp³-hybridized carbons (Fsp3) is 0.500. The van der Waals surface area contributed by atoms with E-state index in [2.05, 4.69) is 74.9 Å². The highest BCUT2D eigenvalue weighted by Crippen LogP contribution is 2.39. The van der Waals surface area contributed by atoms with Crippen LogP contribution >= 0.6 is 71.1 Å². The van der Waals surface area contributed by atoms with Crippen LogP contribution in [0.4, 0.5) is 11.6 Å². The van der Waals surface area contributed by atoms with E-state index in [9.17, 15) is 0 Å². The normalized spacial score (nSPS) is 19.3. The van der Waals surface area contributed by atoms with Crippen molar-refractivity contribution in [1.29, 1.82) is 0 Å². The molecule has 5 aliphatic rings. The van der Waals surface area contributed by atoms with Crippen LogP contribution in [-0.2, 0) is 45.7 Å². The summed E-state index contributed by atoms with van der Waals surface area (Å²) in [5.41, 5.74) is 5.91. The van der Waals surface area contributed by atoms with E-state index in [0.29, 0.717) is 26.4 Å². The van der Waals surface area contributed by atoms with Crippen molar-refractivity contribution in [2.45, 2.75) is 46.0 Å². The average molecular weight is 1260 g/mol. The van der Waals surface area contributed by atoms with Gasteiger partial charge in [-0.1, -0.05) is 31.7 Å². The van der Waals surface area contributed by atoms with E-state index in [1.807, 2.05) is 40.4 Å². The summed E-state index contributed by atoms with van der Waals surface area (Å²) in [5, 5.41) is 14.2. The van der Waals surface area contributed by atoms with Gasteiger partial charge in [-0.2, -0.15) is 10.2 Å². The number of benzene rings is 2. The number of nitrogens with one attached hydrogen (secondary N) is 1. The molecule has 6 aromatic heterocycles. The summed E-state index contributed by atoms with van der Waals surface area (Å²) in [5.74, 6) is 3.48. The second-order valence-corrected chi connectivity index (χ2v) is 23.0. The molecule has 21 nitrogen and oxygen atoms in total. The Bertz CT molecular complexity index is 3210. The largest absolute Gasteiger partial charge is 0.378 e. The summed E-state index contributed by atoms with van der Waals surface area (Å²) in [4.78, 5) is 42.2. The quantitative estimate of drug-likeness (QED) is 0.0337. The molecule has 1 unspecified atom stereocenters. The molecule has 13 rings (SSSR count). The summed E-state index contributed by atoms with van der Waals surface area (Å²) in [6.45, 7) is 16.3. The Kier molecular flexibility index (Phi) is 20.0. The van der Waals surface area contributed by atoms with Crippen LogP contribution in [0.1, 0.15) is 42.7 Å². The number of anilines is 2. The average Bonchev–Trinajstić information content (AvgIpc) is 4.46. The molecule has 5 fully saturated rings. The predicted octanol–water partition coefficient (Wildman–Crippen LogP) is 9.09. The highest BCUT2D eigenvalue weighted by molar-refractivity contribution is 14.0. The Morgan fingerprint density at radius 3 is 1.69 bits per heavy atom. The summed E-state index contributed by atoms with van der Waals surface area (Å²) in [6.07, 6.45) is 7.21. The Morgan fingerprint density at radius 1 is 0.628 bits per heavy atom. The molecule has 5 saturated heterocycles. The van der Waals surface area contributed by atoms with Crippen LogP contribution in [-0.4, -0.2) is 184 Å². The summed E-state index contributed by atoms with van der Waals surface area (Å²) >= 11 is 6.17. The van der Waals surface area contributed by atoms with Gasteiger partial charge < -0.3 is 24.0 Å². The van der Waals surface area contributed by atoms with Gasteiger partial charge in [0.25, 0.3) is 0 Å². The topological polar surface area (TPSA) is 182 Å². The highest BCUT2D eigenvalue weighted by Gasteiger charge is 2.27. The van der Waals surface area contributed by atoms with Crippen molar-refractivity contribution in [2.24, 2.45) is 0 Å². The molecule has 11 heterocycles. The highest BCUT2D eigenvalue weighted by atomic mass is 127. The van der Waals surface area contributed by atoms with Gasteiger partial charge in [0, 0.05) is 136 Å². The Hall–Kier alpha value is -3.95. The molecule has 0 bridgehead atoms. The van der Waals surface area contributed by atoms with E-state index in [1.54, 1.807) is 11.3 Å². The van der Waals surface area contributed by atoms with Gasteiger partial charge in [-0.15, -0.1) is 55.3 Å². The molecule has 2 aromatic carbocycles. The molecule has 8 aromatic rings. The number of piperazine rings is 2. The monoisotopic (exact) mass is 1250 g/mol.